The topological polar surface area (TPSA) is 70.7 Å². The number of aromatic nitrogens is 2. The summed E-state index contributed by atoms with van der Waals surface area (Å²) < 4.78 is 1.64. The van der Waals surface area contributed by atoms with Gasteiger partial charge >= 0.3 is 0 Å². The van der Waals surface area contributed by atoms with Gasteiger partial charge in [0.25, 0.3) is 5.91 Å². The van der Waals surface area contributed by atoms with Crippen LogP contribution in [0.25, 0.3) is 5.69 Å². The average molecular weight is 282 g/mol. The van der Waals surface area contributed by atoms with Crippen LogP contribution in [0.2, 0.25) is 0 Å². The van der Waals surface area contributed by atoms with Crippen molar-refractivity contribution in [2.75, 3.05) is 0 Å². The van der Waals surface area contributed by atoms with Crippen LogP contribution in [0.15, 0.2) is 42.6 Å². The second-order valence-corrected chi connectivity index (χ2v) is 5.27. The van der Waals surface area contributed by atoms with Gasteiger partial charge in [-0.05, 0) is 30.5 Å². The Labute approximate surface area is 124 Å². The van der Waals surface area contributed by atoms with Crippen LogP contribution in [-0.2, 0) is 0 Å². The number of nitriles is 1. The van der Waals surface area contributed by atoms with Crippen LogP contribution in [0.3, 0.4) is 0 Å². The minimum atomic E-state index is -0.487. The SMILES string of the molecule is CC(C)CC(C#N)NC(=O)c1ccn(-c2ccccc2)n1. The molecule has 0 saturated carbocycles. The molecule has 0 radical (unpaired) electrons. The molecule has 1 unspecified atom stereocenters. The zero-order valence-electron chi connectivity index (χ0n) is 12.2. The molecule has 2 rings (SSSR count). The molecule has 0 saturated heterocycles. The summed E-state index contributed by atoms with van der Waals surface area (Å²) in [6, 6.07) is 12.8. The lowest BCUT2D eigenvalue weighted by Crippen LogP contribution is -2.35. The molecular formula is C16H18N4O. The van der Waals surface area contributed by atoms with E-state index >= 15 is 0 Å². The summed E-state index contributed by atoms with van der Waals surface area (Å²) in [5, 5.41) is 16.0. The van der Waals surface area contributed by atoms with Gasteiger partial charge in [0.1, 0.15) is 6.04 Å². The molecule has 0 aliphatic carbocycles. The molecule has 0 fully saturated rings. The standard InChI is InChI=1S/C16H18N4O/c1-12(2)10-13(11-17)18-16(21)15-8-9-20(19-15)14-6-4-3-5-7-14/h3-9,12-13H,10H2,1-2H3,(H,18,21). The van der Waals surface area contributed by atoms with E-state index in [9.17, 15) is 4.79 Å². The monoisotopic (exact) mass is 282 g/mol. The van der Waals surface area contributed by atoms with Crippen molar-refractivity contribution in [2.45, 2.75) is 26.3 Å². The van der Waals surface area contributed by atoms with E-state index in [0.717, 1.165) is 5.69 Å². The number of nitrogens with zero attached hydrogens (tertiary/aromatic N) is 3. The van der Waals surface area contributed by atoms with Crippen LogP contribution in [0, 0.1) is 17.2 Å². The Morgan fingerprint density at radius 2 is 2.05 bits per heavy atom. The van der Waals surface area contributed by atoms with Crippen LogP contribution in [0.5, 0.6) is 0 Å². The van der Waals surface area contributed by atoms with Gasteiger partial charge < -0.3 is 5.32 Å². The number of carbonyl (C=O) groups excluding carboxylic acids is 1. The van der Waals surface area contributed by atoms with Gasteiger partial charge in [-0.2, -0.15) is 10.4 Å². The maximum Gasteiger partial charge on any atom is 0.272 e. The molecule has 2 aromatic rings. The maximum atomic E-state index is 12.1. The fourth-order valence-corrected chi connectivity index (χ4v) is 2.02. The van der Waals surface area contributed by atoms with Gasteiger partial charge in [0.15, 0.2) is 5.69 Å². The number of hydrogen-bond donors (Lipinski definition) is 1. The first-order valence-corrected chi connectivity index (χ1v) is 6.91. The number of rotatable bonds is 5. The second kappa shape index (κ2) is 6.71. The number of para-hydroxylation sites is 1. The van der Waals surface area contributed by atoms with E-state index in [1.807, 2.05) is 44.2 Å². The van der Waals surface area contributed by atoms with E-state index in [2.05, 4.69) is 16.5 Å². The molecule has 1 amide bonds. The third-order valence-corrected chi connectivity index (χ3v) is 3.01. The van der Waals surface area contributed by atoms with Gasteiger partial charge in [0.05, 0.1) is 11.8 Å². The third-order valence-electron chi connectivity index (χ3n) is 3.01. The Morgan fingerprint density at radius 1 is 1.33 bits per heavy atom. The average Bonchev–Trinajstić information content (AvgIpc) is 2.97. The van der Waals surface area contributed by atoms with E-state index in [0.29, 0.717) is 18.0 Å². The van der Waals surface area contributed by atoms with Crippen LogP contribution >= 0.6 is 0 Å². The van der Waals surface area contributed by atoms with Crippen molar-refractivity contribution < 1.29 is 4.79 Å². The first-order chi connectivity index (χ1) is 10.1. The van der Waals surface area contributed by atoms with E-state index in [4.69, 9.17) is 5.26 Å². The molecule has 5 nitrogen and oxygen atoms in total. The molecule has 0 aliphatic heterocycles. The van der Waals surface area contributed by atoms with Crippen LogP contribution in [0.1, 0.15) is 30.8 Å². The molecule has 1 heterocycles. The van der Waals surface area contributed by atoms with Crippen molar-refractivity contribution in [3.8, 4) is 11.8 Å². The second-order valence-electron chi connectivity index (χ2n) is 5.27. The lowest BCUT2D eigenvalue weighted by molar-refractivity contribution is 0.0936. The molecule has 1 aromatic carbocycles. The smallest absolute Gasteiger partial charge is 0.272 e. The molecule has 1 N–H and O–H groups in total. The van der Waals surface area contributed by atoms with Gasteiger partial charge in [-0.1, -0.05) is 32.0 Å². The van der Waals surface area contributed by atoms with Crippen LogP contribution < -0.4 is 5.32 Å². The quantitative estimate of drug-likeness (QED) is 0.916. The number of carbonyl (C=O) groups is 1. The van der Waals surface area contributed by atoms with E-state index in [1.165, 1.54) is 0 Å². The van der Waals surface area contributed by atoms with Crippen molar-refractivity contribution in [2.24, 2.45) is 5.92 Å². The Morgan fingerprint density at radius 3 is 2.67 bits per heavy atom. The Balaban J connectivity index is 2.07. The Kier molecular flexibility index (Phi) is 4.72. The Hall–Kier alpha value is -2.61. The summed E-state index contributed by atoms with van der Waals surface area (Å²) in [5.41, 5.74) is 1.19. The fraction of sp³-hybridized carbons (Fsp3) is 0.312. The zero-order valence-corrected chi connectivity index (χ0v) is 12.2. The van der Waals surface area contributed by atoms with Crippen LogP contribution in [-0.4, -0.2) is 21.7 Å². The highest BCUT2D eigenvalue weighted by Gasteiger charge is 2.16. The molecule has 0 aliphatic rings. The van der Waals surface area contributed by atoms with Crippen molar-refractivity contribution in [3.63, 3.8) is 0 Å². The predicted molar refractivity (Wildman–Crippen MR) is 79.9 cm³/mol. The van der Waals surface area contributed by atoms with E-state index in [1.54, 1.807) is 16.9 Å². The summed E-state index contributed by atoms with van der Waals surface area (Å²) in [6.45, 7) is 4.03. The molecule has 21 heavy (non-hydrogen) atoms. The summed E-state index contributed by atoms with van der Waals surface area (Å²) in [5.74, 6) is 0.0220. The normalized spacial score (nSPS) is 11.9. The van der Waals surface area contributed by atoms with E-state index in [-0.39, 0.29) is 5.91 Å². The lowest BCUT2D eigenvalue weighted by atomic mass is 10.0. The highest BCUT2D eigenvalue weighted by atomic mass is 16.2. The van der Waals surface area contributed by atoms with Gasteiger partial charge in [0.2, 0.25) is 0 Å². The van der Waals surface area contributed by atoms with Crippen molar-refractivity contribution in [1.82, 2.24) is 15.1 Å². The highest BCUT2D eigenvalue weighted by molar-refractivity contribution is 5.92. The van der Waals surface area contributed by atoms with Gasteiger partial charge in [0, 0.05) is 6.20 Å². The zero-order chi connectivity index (χ0) is 15.2. The highest BCUT2D eigenvalue weighted by Crippen LogP contribution is 2.08. The summed E-state index contributed by atoms with van der Waals surface area (Å²) in [4.78, 5) is 12.1. The fourth-order valence-electron chi connectivity index (χ4n) is 2.02. The minimum Gasteiger partial charge on any atom is -0.335 e. The third kappa shape index (κ3) is 3.93. The lowest BCUT2D eigenvalue weighted by Gasteiger charge is -2.12. The van der Waals surface area contributed by atoms with Gasteiger partial charge in [-0.25, -0.2) is 4.68 Å². The largest absolute Gasteiger partial charge is 0.335 e. The Bertz CT molecular complexity index is 640. The summed E-state index contributed by atoms with van der Waals surface area (Å²) >= 11 is 0. The van der Waals surface area contributed by atoms with Gasteiger partial charge in [-0.15, -0.1) is 0 Å². The summed E-state index contributed by atoms with van der Waals surface area (Å²) in [6.07, 6.45) is 2.36. The maximum absolute atomic E-state index is 12.1. The van der Waals surface area contributed by atoms with Crippen molar-refractivity contribution >= 4 is 5.91 Å². The molecule has 0 spiro atoms. The predicted octanol–water partition coefficient (Wildman–Crippen LogP) is 2.54. The molecule has 108 valence electrons. The number of benzene rings is 1. The minimum absolute atomic E-state index is 0.308. The van der Waals surface area contributed by atoms with Crippen molar-refractivity contribution in [3.05, 3.63) is 48.3 Å². The first-order valence-electron chi connectivity index (χ1n) is 6.91. The van der Waals surface area contributed by atoms with Crippen LogP contribution in [0.4, 0.5) is 0 Å². The number of hydrogen-bond acceptors (Lipinski definition) is 3. The summed E-state index contributed by atoms with van der Waals surface area (Å²) in [7, 11) is 0. The number of amides is 1. The molecule has 1 atom stereocenters. The number of nitrogens with one attached hydrogen (secondary N) is 1. The van der Waals surface area contributed by atoms with Gasteiger partial charge in [-0.3, -0.25) is 4.79 Å². The molecule has 5 heteroatoms. The van der Waals surface area contributed by atoms with E-state index < -0.39 is 6.04 Å². The first kappa shape index (κ1) is 14.8. The molecular weight excluding hydrogens is 264 g/mol. The van der Waals surface area contributed by atoms with Crippen molar-refractivity contribution in [1.29, 1.82) is 5.26 Å². The molecule has 1 aromatic heterocycles. The molecule has 0 bridgehead atoms.